The van der Waals surface area contributed by atoms with Crippen molar-refractivity contribution in [3.05, 3.63) is 60.2 Å². The Bertz CT molecular complexity index is 895. The van der Waals surface area contributed by atoms with Crippen molar-refractivity contribution < 1.29 is 9.21 Å². The molecule has 1 unspecified atom stereocenters. The van der Waals surface area contributed by atoms with Gasteiger partial charge < -0.3 is 10.2 Å². The van der Waals surface area contributed by atoms with Gasteiger partial charge in [0.1, 0.15) is 11.3 Å². The third-order valence-electron chi connectivity index (χ3n) is 5.22. The first-order valence-electron chi connectivity index (χ1n) is 9.32. The zero-order valence-corrected chi connectivity index (χ0v) is 14.9. The summed E-state index contributed by atoms with van der Waals surface area (Å²) in [5.74, 6) is 0.580. The lowest BCUT2D eigenvalue weighted by Crippen LogP contribution is -2.36. The maximum Gasteiger partial charge on any atom is 0.219 e. The number of nitrogens with zero attached hydrogens (tertiary/aromatic N) is 1. The molecule has 1 amide bonds. The number of amides is 1. The second-order valence-electron chi connectivity index (χ2n) is 7.03. The predicted octanol–water partition coefficient (Wildman–Crippen LogP) is 4.50. The van der Waals surface area contributed by atoms with Gasteiger partial charge in [-0.3, -0.25) is 9.69 Å². The van der Waals surface area contributed by atoms with Crippen molar-refractivity contribution >= 4 is 16.9 Å². The minimum atomic E-state index is -0.271. The molecule has 1 aliphatic rings. The van der Waals surface area contributed by atoms with Gasteiger partial charge in [0.05, 0.1) is 0 Å². The first-order chi connectivity index (χ1) is 12.7. The SMILES string of the molecule is NC(=O)CC(c1cccc2cc(-c3ccccc3)oc12)N1CCCCC1. The lowest BCUT2D eigenvalue weighted by Gasteiger charge is -2.34. The highest BCUT2D eigenvalue weighted by Gasteiger charge is 2.26. The molecule has 2 N–H and O–H groups in total. The number of primary amides is 1. The molecule has 4 nitrogen and oxygen atoms in total. The molecular formula is C22H24N2O2. The van der Waals surface area contributed by atoms with Crippen molar-refractivity contribution in [1.82, 2.24) is 4.90 Å². The molecule has 1 fully saturated rings. The average molecular weight is 348 g/mol. The zero-order valence-electron chi connectivity index (χ0n) is 14.9. The fourth-order valence-electron chi connectivity index (χ4n) is 3.95. The maximum atomic E-state index is 11.8. The highest BCUT2D eigenvalue weighted by Crippen LogP contribution is 2.36. The van der Waals surface area contributed by atoms with E-state index in [0.29, 0.717) is 6.42 Å². The third kappa shape index (κ3) is 3.37. The fourth-order valence-corrected chi connectivity index (χ4v) is 3.95. The lowest BCUT2D eigenvalue weighted by molar-refractivity contribution is -0.119. The number of nitrogens with two attached hydrogens (primary N) is 1. The Kier molecular flexibility index (Phi) is 4.76. The summed E-state index contributed by atoms with van der Waals surface area (Å²) in [6.45, 7) is 2.00. The zero-order chi connectivity index (χ0) is 17.9. The van der Waals surface area contributed by atoms with E-state index in [1.54, 1.807) is 0 Å². The van der Waals surface area contributed by atoms with Crippen LogP contribution in [0.3, 0.4) is 0 Å². The standard InChI is InChI=1S/C22H24N2O2/c23-21(25)15-19(24-12-5-2-6-13-24)18-11-7-10-17-14-20(26-22(17)18)16-8-3-1-4-9-16/h1,3-4,7-11,14,19H,2,5-6,12-13,15H2,(H2,23,25). The molecule has 0 saturated carbocycles. The number of fused-ring (bicyclic) bond motifs is 1. The molecule has 1 aromatic heterocycles. The lowest BCUT2D eigenvalue weighted by atomic mass is 9.97. The predicted molar refractivity (Wildman–Crippen MR) is 104 cm³/mol. The maximum absolute atomic E-state index is 11.8. The number of hydrogen-bond donors (Lipinski definition) is 1. The van der Waals surface area contributed by atoms with Gasteiger partial charge in [-0.1, -0.05) is 55.0 Å². The van der Waals surface area contributed by atoms with Crippen LogP contribution >= 0.6 is 0 Å². The van der Waals surface area contributed by atoms with E-state index in [0.717, 1.165) is 40.9 Å². The van der Waals surface area contributed by atoms with Gasteiger partial charge in [0, 0.05) is 29.0 Å². The molecule has 0 bridgehead atoms. The molecule has 0 aliphatic carbocycles. The third-order valence-corrected chi connectivity index (χ3v) is 5.22. The molecule has 2 heterocycles. The Morgan fingerprint density at radius 3 is 2.54 bits per heavy atom. The molecule has 0 radical (unpaired) electrons. The minimum Gasteiger partial charge on any atom is -0.456 e. The van der Waals surface area contributed by atoms with Crippen molar-refractivity contribution in [3.8, 4) is 11.3 Å². The van der Waals surface area contributed by atoms with Crippen LogP contribution in [0.2, 0.25) is 0 Å². The van der Waals surface area contributed by atoms with E-state index >= 15 is 0 Å². The second kappa shape index (κ2) is 7.34. The van der Waals surface area contributed by atoms with Gasteiger partial charge in [-0.25, -0.2) is 0 Å². The molecule has 3 aromatic rings. The van der Waals surface area contributed by atoms with Crippen LogP contribution in [0.15, 0.2) is 59.0 Å². The number of hydrogen-bond acceptors (Lipinski definition) is 3. The summed E-state index contributed by atoms with van der Waals surface area (Å²) >= 11 is 0. The van der Waals surface area contributed by atoms with Gasteiger partial charge in [0.2, 0.25) is 5.91 Å². The number of likely N-dealkylation sites (tertiary alicyclic amines) is 1. The van der Waals surface area contributed by atoms with Crippen LogP contribution in [0.5, 0.6) is 0 Å². The number of piperidine rings is 1. The molecular weight excluding hydrogens is 324 g/mol. The summed E-state index contributed by atoms with van der Waals surface area (Å²) < 4.78 is 6.26. The smallest absolute Gasteiger partial charge is 0.219 e. The summed E-state index contributed by atoms with van der Waals surface area (Å²) in [5, 5.41) is 1.06. The van der Waals surface area contributed by atoms with Crippen LogP contribution in [0.4, 0.5) is 0 Å². The van der Waals surface area contributed by atoms with Gasteiger partial charge in [-0.05, 0) is 32.0 Å². The normalized spacial score (nSPS) is 16.6. The van der Waals surface area contributed by atoms with Crippen molar-refractivity contribution in [3.63, 3.8) is 0 Å². The van der Waals surface area contributed by atoms with E-state index < -0.39 is 0 Å². The van der Waals surface area contributed by atoms with Crippen LogP contribution in [-0.2, 0) is 4.79 Å². The summed E-state index contributed by atoms with van der Waals surface area (Å²) in [6.07, 6.45) is 3.90. The summed E-state index contributed by atoms with van der Waals surface area (Å²) in [6, 6.07) is 18.3. The van der Waals surface area contributed by atoms with Crippen LogP contribution in [0.1, 0.15) is 37.3 Å². The monoisotopic (exact) mass is 348 g/mol. The van der Waals surface area contributed by atoms with Crippen molar-refractivity contribution in [2.45, 2.75) is 31.7 Å². The van der Waals surface area contributed by atoms with Crippen LogP contribution < -0.4 is 5.73 Å². The largest absolute Gasteiger partial charge is 0.456 e. The molecule has 2 aromatic carbocycles. The Labute approximate surface area is 153 Å². The van der Waals surface area contributed by atoms with Gasteiger partial charge in [-0.15, -0.1) is 0 Å². The Hall–Kier alpha value is -2.59. The van der Waals surface area contributed by atoms with E-state index in [2.05, 4.69) is 23.1 Å². The van der Waals surface area contributed by atoms with E-state index in [4.69, 9.17) is 10.2 Å². The Balaban J connectivity index is 1.78. The Morgan fingerprint density at radius 1 is 1.04 bits per heavy atom. The number of rotatable bonds is 5. The fraction of sp³-hybridized carbons (Fsp3) is 0.318. The molecule has 4 heteroatoms. The van der Waals surface area contributed by atoms with E-state index in [-0.39, 0.29) is 11.9 Å². The number of furan rings is 1. The van der Waals surface area contributed by atoms with Gasteiger partial charge >= 0.3 is 0 Å². The van der Waals surface area contributed by atoms with E-state index in [9.17, 15) is 4.79 Å². The van der Waals surface area contributed by atoms with Gasteiger partial charge in [0.25, 0.3) is 0 Å². The quantitative estimate of drug-likeness (QED) is 0.738. The van der Waals surface area contributed by atoms with Crippen molar-refractivity contribution in [2.75, 3.05) is 13.1 Å². The van der Waals surface area contributed by atoms with Crippen LogP contribution in [0, 0.1) is 0 Å². The molecule has 1 aliphatic heterocycles. The topological polar surface area (TPSA) is 59.5 Å². The molecule has 1 atom stereocenters. The molecule has 26 heavy (non-hydrogen) atoms. The van der Waals surface area contributed by atoms with Crippen LogP contribution in [0.25, 0.3) is 22.3 Å². The van der Waals surface area contributed by atoms with Gasteiger partial charge in [0.15, 0.2) is 0 Å². The second-order valence-corrected chi connectivity index (χ2v) is 7.03. The molecule has 1 saturated heterocycles. The van der Waals surface area contributed by atoms with E-state index in [1.807, 2.05) is 36.4 Å². The number of carbonyl (C=O) groups excluding carboxylic acids is 1. The number of carbonyl (C=O) groups is 1. The van der Waals surface area contributed by atoms with Crippen molar-refractivity contribution in [1.29, 1.82) is 0 Å². The summed E-state index contributed by atoms with van der Waals surface area (Å²) in [7, 11) is 0. The summed E-state index contributed by atoms with van der Waals surface area (Å²) in [4.78, 5) is 14.1. The van der Waals surface area contributed by atoms with Crippen molar-refractivity contribution in [2.24, 2.45) is 5.73 Å². The summed E-state index contributed by atoms with van der Waals surface area (Å²) in [5.41, 5.74) is 8.56. The molecule has 0 spiro atoms. The minimum absolute atomic E-state index is 0.0220. The highest BCUT2D eigenvalue weighted by atomic mass is 16.3. The Morgan fingerprint density at radius 2 is 1.81 bits per heavy atom. The molecule has 4 rings (SSSR count). The van der Waals surface area contributed by atoms with E-state index in [1.165, 1.54) is 19.3 Å². The first-order valence-corrected chi connectivity index (χ1v) is 9.32. The highest BCUT2D eigenvalue weighted by molar-refractivity contribution is 5.86. The average Bonchev–Trinajstić information content (AvgIpc) is 3.12. The first kappa shape index (κ1) is 16.9. The van der Waals surface area contributed by atoms with Crippen LogP contribution in [-0.4, -0.2) is 23.9 Å². The number of benzene rings is 2. The number of para-hydroxylation sites is 1. The van der Waals surface area contributed by atoms with Gasteiger partial charge in [-0.2, -0.15) is 0 Å². The molecule has 134 valence electrons.